The lowest BCUT2D eigenvalue weighted by Gasteiger charge is -2.31. The average molecular weight is 498 g/mol. The first-order valence-corrected chi connectivity index (χ1v) is 13.0. The predicted octanol–water partition coefficient (Wildman–Crippen LogP) is 4.65. The highest BCUT2D eigenvalue weighted by Crippen LogP contribution is 2.42. The minimum atomic E-state index is -3.80. The van der Waals surface area contributed by atoms with E-state index in [1.165, 1.54) is 31.4 Å². The van der Waals surface area contributed by atoms with E-state index in [0.717, 1.165) is 5.56 Å². The number of amides is 1. The highest BCUT2D eigenvalue weighted by Gasteiger charge is 2.37. The maximum absolute atomic E-state index is 13.7. The lowest BCUT2D eigenvalue weighted by molar-refractivity contribution is -0.117. The van der Waals surface area contributed by atoms with Crippen molar-refractivity contribution in [3.8, 4) is 5.75 Å². The molecule has 3 aromatic carbocycles. The molecule has 0 aliphatic heterocycles. The summed E-state index contributed by atoms with van der Waals surface area (Å²) in [5.41, 5.74) is 2.60. The predicted molar refractivity (Wildman–Crippen MR) is 132 cm³/mol. The van der Waals surface area contributed by atoms with Gasteiger partial charge in [0.2, 0.25) is 5.91 Å². The monoisotopic (exact) mass is 497 g/mol. The Morgan fingerprint density at radius 2 is 1.89 bits per heavy atom. The Kier molecular flexibility index (Phi) is 7.23. The van der Waals surface area contributed by atoms with Gasteiger partial charge in [0.25, 0.3) is 0 Å². The first-order chi connectivity index (χ1) is 16.7. The van der Waals surface area contributed by atoms with E-state index in [4.69, 9.17) is 4.74 Å². The largest absolute Gasteiger partial charge is 0.497 e. The summed E-state index contributed by atoms with van der Waals surface area (Å²) in [6.45, 7) is 1.61. The molecule has 2 N–H and O–H groups in total. The molecule has 184 valence electrons. The van der Waals surface area contributed by atoms with E-state index < -0.39 is 21.0 Å². The summed E-state index contributed by atoms with van der Waals surface area (Å²) in [6, 6.07) is 17.4. The van der Waals surface area contributed by atoms with Gasteiger partial charge in [0, 0.05) is 12.3 Å². The topological polar surface area (TPSA) is 92.7 Å². The Bertz CT molecular complexity index is 1320. The first-order valence-electron chi connectivity index (χ1n) is 11.4. The smallest absolute Gasteiger partial charge is 0.231 e. The van der Waals surface area contributed by atoms with Crippen molar-refractivity contribution in [3.05, 3.63) is 89.2 Å². The molecule has 0 fully saturated rings. The van der Waals surface area contributed by atoms with Gasteiger partial charge in [-0.25, -0.2) is 12.8 Å². The van der Waals surface area contributed by atoms with Gasteiger partial charge < -0.3 is 15.2 Å². The normalized spacial score (nSPS) is 18.4. The van der Waals surface area contributed by atoms with Crippen molar-refractivity contribution >= 4 is 21.4 Å². The summed E-state index contributed by atoms with van der Waals surface area (Å²) in [5.74, 6) is -0.932. The summed E-state index contributed by atoms with van der Waals surface area (Å²) in [7, 11) is -2.32. The molecule has 1 aliphatic rings. The number of anilines is 1. The summed E-state index contributed by atoms with van der Waals surface area (Å²) in [4.78, 5) is 13.0. The van der Waals surface area contributed by atoms with Crippen LogP contribution < -0.4 is 10.1 Å². The molecule has 1 unspecified atom stereocenters. The van der Waals surface area contributed by atoms with Crippen LogP contribution in [0.5, 0.6) is 5.75 Å². The molecule has 8 heteroatoms. The van der Waals surface area contributed by atoms with Crippen LogP contribution in [0.3, 0.4) is 0 Å². The van der Waals surface area contributed by atoms with E-state index in [9.17, 15) is 22.7 Å². The molecular weight excluding hydrogens is 469 g/mol. The van der Waals surface area contributed by atoms with Gasteiger partial charge >= 0.3 is 0 Å². The third kappa shape index (κ3) is 5.23. The number of hydrogen-bond donors (Lipinski definition) is 2. The number of sulfone groups is 1. The number of carbonyl (C=O) groups is 1. The van der Waals surface area contributed by atoms with Gasteiger partial charge in [-0.2, -0.15) is 0 Å². The molecule has 0 radical (unpaired) electrons. The second-order valence-electron chi connectivity index (χ2n) is 8.88. The number of aliphatic hydroxyl groups excluding tert-OH is 1. The second kappa shape index (κ2) is 10.2. The van der Waals surface area contributed by atoms with Crippen molar-refractivity contribution in [1.29, 1.82) is 0 Å². The van der Waals surface area contributed by atoms with Crippen LogP contribution in [0.25, 0.3) is 0 Å². The second-order valence-corrected chi connectivity index (χ2v) is 11.0. The molecule has 0 saturated carbocycles. The van der Waals surface area contributed by atoms with E-state index in [2.05, 4.69) is 5.32 Å². The van der Waals surface area contributed by atoms with Crippen LogP contribution in [0.1, 0.15) is 41.2 Å². The van der Waals surface area contributed by atoms with E-state index >= 15 is 0 Å². The summed E-state index contributed by atoms with van der Waals surface area (Å²) >= 11 is 0. The number of nitrogens with one attached hydrogen (secondary N) is 1. The van der Waals surface area contributed by atoms with Crippen LogP contribution in [0.4, 0.5) is 10.1 Å². The Balaban J connectivity index is 1.66. The van der Waals surface area contributed by atoms with Crippen LogP contribution in [-0.4, -0.2) is 33.1 Å². The van der Waals surface area contributed by atoms with Gasteiger partial charge in [0.1, 0.15) is 11.6 Å². The summed E-state index contributed by atoms with van der Waals surface area (Å²) in [6.07, 6.45) is 0.822. The number of hydrogen-bond acceptors (Lipinski definition) is 5. The fourth-order valence-electron chi connectivity index (χ4n) is 4.51. The van der Waals surface area contributed by atoms with Crippen molar-refractivity contribution < 1.29 is 27.4 Å². The lowest BCUT2D eigenvalue weighted by atomic mass is 9.83. The third-order valence-electron chi connectivity index (χ3n) is 6.58. The highest BCUT2D eigenvalue weighted by molar-refractivity contribution is 7.91. The SMILES string of the molecule is COc1cccc(S(=O)(=O)C2C[C@H](CO)Cc3ccc(NC(=O)[C@@H](C)c4ccc(F)cc4)cc32)c1. The maximum atomic E-state index is 13.7. The number of halogens is 1. The molecule has 0 aromatic heterocycles. The summed E-state index contributed by atoms with van der Waals surface area (Å²) < 4.78 is 45.8. The van der Waals surface area contributed by atoms with E-state index in [0.29, 0.717) is 29.0 Å². The fourth-order valence-corrected chi connectivity index (χ4v) is 6.47. The first kappa shape index (κ1) is 24.9. The van der Waals surface area contributed by atoms with E-state index in [1.807, 2.05) is 6.07 Å². The summed E-state index contributed by atoms with van der Waals surface area (Å²) in [5, 5.41) is 11.8. The van der Waals surface area contributed by atoms with Gasteiger partial charge in [-0.1, -0.05) is 24.3 Å². The van der Waals surface area contributed by atoms with Gasteiger partial charge in [-0.15, -0.1) is 0 Å². The van der Waals surface area contributed by atoms with Gasteiger partial charge in [0.15, 0.2) is 9.84 Å². The van der Waals surface area contributed by atoms with Gasteiger partial charge in [0.05, 0.1) is 23.2 Å². The van der Waals surface area contributed by atoms with Crippen LogP contribution >= 0.6 is 0 Å². The number of aliphatic hydroxyl groups is 1. The molecular formula is C27H28FNO5S. The Hall–Kier alpha value is -3.23. The Morgan fingerprint density at radius 3 is 2.57 bits per heavy atom. The molecule has 1 aliphatic carbocycles. The van der Waals surface area contributed by atoms with Crippen LogP contribution in [-0.2, 0) is 21.1 Å². The molecule has 0 heterocycles. The molecule has 1 amide bonds. The molecule has 0 bridgehead atoms. The molecule has 3 aromatic rings. The molecule has 3 atom stereocenters. The van der Waals surface area contributed by atoms with Crippen molar-refractivity contribution in [3.63, 3.8) is 0 Å². The number of rotatable bonds is 7. The molecule has 6 nitrogen and oxygen atoms in total. The van der Waals surface area contributed by atoms with Crippen LogP contribution in [0.15, 0.2) is 71.6 Å². The fraction of sp³-hybridized carbons (Fsp3) is 0.296. The van der Waals surface area contributed by atoms with Crippen molar-refractivity contribution in [2.45, 2.75) is 35.8 Å². The number of ether oxygens (including phenoxy) is 1. The van der Waals surface area contributed by atoms with Gasteiger partial charge in [-0.05, 0) is 84.8 Å². The van der Waals surface area contributed by atoms with Crippen molar-refractivity contribution in [2.24, 2.45) is 5.92 Å². The van der Waals surface area contributed by atoms with Gasteiger partial charge in [-0.3, -0.25) is 4.79 Å². The minimum Gasteiger partial charge on any atom is -0.497 e. The third-order valence-corrected chi connectivity index (χ3v) is 8.69. The number of benzene rings is 3. The maximum Gasteiger partial charge on any atom is 0.231 e. The zero-order valence-electron chi connectivity index (χ0n) is 19.6. The van der Waals surface area contributed by atoms with E-state index in [1.54, 1.807) is 43.3 Å². The minimum absolute atomic E-state index is 0.114. The Morgan fingerprint density at radius 1 is 1.14 bits per heavy atom. The van der Waals surface area contributed by atoms with Crippen molar-refractivity contribution in [2.75, 3.05) is 19.0 Å². The molecule has 4 rings (SSSR count). The van der Waals surface area contributed by atoms with Crippen LogP contribution in [0.2, 0.25) is 0 Å². The van der Waals surface area contributed by atoms with E-state index in [-0.39, 0.29) is 35.6 Å². The molecule has 0 spiro atoms. The molecule has 35 heavy (non-hydrogen) atoms. The number of fused-ring (bicyclic) bond motifs is 1. The number of methoxy groups -OCH3 is 1. The Labute approximate surface area is 204 Å². The quantitative estimate of drug-likeness (QED) is 0.496. The standard InChI is InChI=1S/C27H28FNO5S/c1-17(19-6-9-21(28)10-7-19)27(31)29-22-11-8-20-12-18(16-30)13-26(25(20)14-22)35(32,33)24-5-3-4-23(15-24)34-2/h3-11,14-15,17-18,26,30H,12-13,16H2,1-2H3,(H,29,31)/t17-,18+,26?/m0/s1. The van der Waals surface area contributed by atoms with Crippen LogP contribution in [0, 0.1) is 11.7 Å². The zero-order valence-corrected chi connectivity index (χ0v) is 20.4. The average Bonchev–Trinajstić information content (AvgIpc) is 2.88. The lowest BCUT2D eigenvalue weighted by Crippen LogP contribution is -2.27. The number of carbonyl (C=O) groups excluding carboxylic acids is 1. The highest BCUT2D eigenvalue weighted by atomic mass is 32.2. The van der Waals surface area contributed by atoms with Crippen molar-refractivity contribution in [1.82, 2.24) is 0 Å². The zero-order chi connectivity index (χ0) is 25.2. The molecule has 0 saturated heterocycles.